The highest BCUT2D eigenvalue weighted by Gasteiger charge is 2.25. The van der Waals surface area contributed by atoms with Crippen molar-refractivity contribution in [1.29, 1.82) is 0 Å². The van der Waals surface area contributed by atoms with Gasteiger partial charge in [-0.15, -0.1) is 0 Å². The SMILES string of the molecule is FC(F)(F)CCCNc1ccc(Br)cn1. The van der Waals surface area contributed by atoms with E-state index >= 15 is 0 Å². The van der Waals surface area contributed by atoms with Crippen LogP contribution < -0.4 is 5.32 Å². The van der Waals surface area contributed by atoms with Crippen molar-refractivity contribution in [3.05, 3.63) is 22.8 Å². The van der Waals surface area contributed by atoms with Gasteiger partial charge in [-0.1, -0.05) is 0 Å². The zero-order chi connectivity index (χ0) is 11.3. The Morgan fingerprint density at radius 3 is 2.60 bits per heavy atom. The number of anilines is 1. The Morgan fingerprint density at radius 2 is 2.07 bits per heavy atom. The average molecular weight is 283 g/mol. The van der Waals surface area contributed by atoms with Gasteiger partial charge in [0.2, 0.25) is 0 Å². The van der Waals surface area contributed by atoms with E-state index in [0.29, 0.717) is 5.82 Å². The summed E-state index contributed by atoms with van der Waals surface area (Å²) in [7, 11) is 0. The number of alkyl halides is 3. The highest BCUT2D eigenvalue weighted by molar-refractivity contribution is 9.10. The lowest BCUT2D eigenvalue weighted by Gasteiger charge is -2.07. The van der Waals surface area contributed by atoms with Crippen LogP contribution in [0, 0.1) is 0 Å². The molecule has 15 heavy (non-hydrogen) atoms. The van der Waals surface area contributed by atoms with Crippen molar-refractivity contribution in [2.75, 3.05) is 11.9 Å². The summed E-state index contributed by atoms with van der Waals surface area (Å²) in [6, 6.07) is 3.48. The van der Waals surface area contributed by atoms with Crippen molar-refractivity contribution in [3.63, 3.8) is 0 Å². The van der Waals surface area contributed by atoms with Crippen molar-refractivity contribution in [2.24, 2.45) is 0 Å². The highest BCUT2D eigenvalue weighted by atomic mass is 79.9. The van der Waals surface area contributed by atoms with E-state index in [-0.39, 0.29) is 13.0 Å². The van der Waals surface area contributed by atoms with E-state index in [9.17, 15) is 13.2 Å². The first-order valence-electron chi connectivity index (χ1n) is 4.39. The molecule has 0 bridgehead atoms. The molecule has 1 aromatic rings. The predicted molar refractivity (Wildman–Crippen MR) is 55.7 cm³/mol. The fourth-order valence-corrected chi connectivity index (χ4v) is 1.22. The van der Waals surface area contributed by atoms with Crippen LogP contribution in [0.1, 0.15) is 12.8 Å². The third-order valence-corrected chi connectivity index (χ3v) is 2.14. The Hall–Kier alpha value is -0.780. The molecule has 0 amide bonds. The lowest BCUT2D eigenvalue weighted by molar-refractivity contribution is -0.134. The predicted octanol–water partition coefficient (Wildman–Crippen LogP) is 3.60. The first kappa shape index (κ1) is 12.3. The minimum absolute atomic E-state index is 0.0568. The Morgan fingerprint density at radius 1 is 1.33 bits per heavy atom. The smallest absolute Gasteiger partial charge is 0.370 e. The van der Waals surface area contributed by atoms with Gasteiger partial charge in [0.15, 0.2) is 0 Å². The average Bonchev–Trinajstić information content (AvgIpc) is 2.14. The molecule has 2 nitrogen and oxygen atoms in total. The number of halogens is 4. The van der Waals surface area contributed by atoms with Crippen LogP contribution in [0.4, 0.5) is 19.0 Å². The van der Waals surface area contributed by atoms with Crippen LogP contribution in [-0.2, 0) is 0 Å². The number of nitrogens with one attached hydrogen (secondary N) is 1. The van der Waals surface area contributed by atoms with Crippen LogP contribution in [0.15, 0.2) is 22.8 Å². The molecular formula is C9H10BrF3N2. The Balaban J connectivity index is 2.23. The van der Waals surface area contributed by atoms with Crippen molar-refractivity contribution in [1.82, 2.24) is 4.98 Å². The summed E-state index contributed by atoms with van der Waals surface area (Å²) in [5.41, 5.74) is 0. The molecule has 84 valence electrons. The van der Waals surface area contributed by atoms with Gasteiger partial charge in [-0.3, -0.25) is 0 Å². The molecule has 0 fully saturated rings. The molecule has 0 atom stereocenters. The summed E-state index contributed by atoms with van der Waals surface area (Å²) in [4.78, 5) is 3.97. The van der Waals surface area contributed by atoms with Crippen LogP contribution in [0.25, 0.3) is 0 Å². The molecule has 0 aliphatic heterocycles. The van der Waals surface area contributed by atoms with Crippen molar-refractivity contribution < 1.29 is 13.2 Å². The molecule has 1 N–H and O–H groups in total. The molecule has 1 rings (SSSR count). The Labute approximate surface area is 94.0 Å². The maximum atomic E-state index is 11.8. The van der Waals surface area contributed by atoms with Gasteiger partial charge in [0.05, 0.1) is 0 Å². The number of hydrogen-bond donors (Lipinski definition) is 1. The van der Waals surface area contributed by atoms with Crippen LogP contribution in [0.5, 0.6) is 0 Å². The third-order valence-electron chi connectivity index (χ3n) is 1.67. The Bertz CT molecular complexity index is 297. The van der Waals surface area contributed by atoms with Crippen LogP contribution in [-0.4, -0.2) is 17.7 Å². The Kier molecular flexibility index (Phi) is 4.38. The van der Waals surface area contributed by atoms with Crippen molar-refractivity contribution >= 4 is 21.7 Å². The van der Waals surface area contributed by atoms with Crippen LogP contribution >= 0.6 is 15.9 Å². The molecular weight excluding hydrogens is 273 g/mol. The molecule has 0 aliphatic rings. The second-order valence-corrected chi connectivity index (χ2v) is 3.92. The largest absolute Gasteiger partial charge is 0.389 e. The van der Waals surface area contributed by atoms with Gasteiger partial charge in [-0.2, -0.15) is 13.2 Å². The monoisotopic (exact) mass is 282 g/mol. The lowest BCUT2D eigenvalue weighted by atomic mass is 10.3. The van der Waals surface area contributed by atoms with Gasteiger partial charge in [-0.25, -0.2) is 4.98 Å². The molecule has 0 aromatic carbocycles. The quantitative estimate of drug-likeness (QED) is 0.854. The van der Waals surface area contributed by atoms with E-state index in [1.807, 2.05) is 0 Å². The zero-order valence-electron chi connectivity index (χ0n) is 7.81. The van der Waals surface area contributed by atoms with E-state index in [0.717, 1.165) is 4.47 Å². The summed E-state index contributed by atoms with van der Waals surface area (Å²) in [5.74, 6) is 0.584. The minimum Gasteiger partial charge on any atom is -0.370 e. The molecule has 0 aliphatic carbocycles. The lowest BCUT2D eigenvalue weighted by Crippen LogP contribution is -2.11. The van der Waals surface area contributed by atoms with E-state index in [1.54, 1.807) is 18.3 Å². The van der Waals surface area contributed by atoms with E-state index in [4.69, 9.17) is 0 Å². The van der Waals surface area contributed by atoms with Gasteiger partial charge in [0.1, 0.15) is 5.82 Å². The molecule has 0 saturated heterocycles. The molecule has 0 spiro atoms. The summed E-state index contributed by atoms with van der Waals surface area (Å²) in [6.45, 7) is 0.272. The maximum absolute atomic E-state index is 11.8. The van der Waals surface area contributed by atoms with E-state index in [1.165, 1.54) is 0 Å². The van der Waals surface area contributed by atoms with Gasteiger partial charge < -0.3 is 5.32 Å². The van der Waals surface area contributed by atoms with Gasteiger partial charge in [0.25, 0.3) is 0 Å². The summed E-state index contributed by atoms with van der Waals surface area (Å²) in [6.07, 6.45) is -3.20. The molecule has 0 unspecified atom stereocenters. The van der Waals surface area contributed by atoms with E-state index < -0.39 is 12.6 Å². The molecule has 6 heteroatoms. The number of rotatable bonds is 4. The second kappa shape index (κ2) is 5.34. The third kappa shape index (κ3) is 5.61. The molecule has 0 radical (unpaired) electrons. The first-order valence-corrected chi connectivity index (χ1v) is 5.19. The van der Waals surface area contributed by atoms with Crippen molar-refractivity contribution in [3.8, 4) is 0 Å². The number of nitrogens with zero attached hydrogens (tertiary/aromatic N) is 1. The zero-order valence-corrected chi connectivity index (χ0v) is 9.40. The molecule has 1 heterocycles. The summed E-state index contributed by atoms with van der Waals surface area (Å²) >= 11 is 3.21. The van der Waals surface area contributed by atoms with Gasteiger partial charge in [0, 0.05) is 23.6 Å². The van der Waals surface area contributed by atoms with Gasteiger partial charge in [-0.05, 0) is 34.5 Å². The minimum atomic E-state index is -4.07. The number of hydrogen-bond acceptors (Lipinski definition) is 2. The highest BCUT2D eigenvalue weighted by Crippen LogP contribution is 2.21. The van der Waals surface area contributed by atoms with Crippen LogP contribution in [0.2, 0.25) is 0 Å². The number of pyridine rings is 1. The molecule has 0 saturated carbocycles. The first-order chi connectivity index (χ1) is 6.97. The standard InChI is InChI=1S/C9H10BrF3N2/c10-7-2-3-8(15-6-7)14-5-1-4-9(11,12)13/h2-3,6H,1,4-5H2,(H,14,15). The number of aromatic nitrogens is 1. The molecule has 1 aromatic heterocycles. The topological polar surface area (TPSA) is 24.9 Å². The van der Waals surface area contributed by atoms with E-state index in [2.05, 4.69) is 26.2 Å². The summed E-state index contributed by atoms with van der Waals surface area (Å²) in [5, 5.41) is 2.81. The fraction of sp³-hybridized carbons (Fsp3) is 0.444. The van der Waals surface area contributed by atoms with Crippen molar-refractivity contribution in [2.45, 2.75) is 19.0 Å². The normalized spacial score (nSPS) is 11.5. The maximum Gasteiger partial charge on any atom is 0.389 e. The summed E-state index contributed by atoms with van der Waals surface area (Å²) < 4.78 is 36.2. The second-order valence-electron chi connectivity index (χ2n) is 3.01. The van der Waals surface area contributed by atoms with Gasteiger partial charge >= 0.3 is 6.18 Å². The van der Waals surface area contributed by atoms with Crippen LogP contribution in [0.3, 0.4) is 0 Å². The fourth-order valence-electron chi connectivity index (χ4n) is 0.986.